The number of alkyl halides is 3. The van der Waals surface area contributed by atoms with Gasteiger partial charge in [-0.15, -0.1) is 23.2 Å². The number of hydrogen-bond donors (Lipinski definition) is 0. The lowest BCUT2D eigenvalue weighted by Crippen LogP contribution is -2.38. The van der Waals surface area contributed by atoms with E-state index in [1.54, 1.807) is 0 Å². The standard InChI is InChI=1S/C14H15Cl3O/c15-11-13(16)7-4-8-14(17,10-13)18-9-12-5-2-1-3-6-12/h1-7H,8-11H2. The minimum absolute atomic E-state index is 0.328. The minimum atomic E-state index is -0.763. The summed E-state index contributed by atoms with van der Waals surface area (Å²) in [5.74, 6) is 0.328. The second-order valence-electron chi connectivity index (χ2n) is 4.61. The van der Waals surface area contributed by atoms with Crippen molar-refractivity contribution in [3.8, 4) is 0 Å². The third-order valence-electron chi connectivity index (χ3n) is 2.96. The van der Waals surface area contributed by atoms with Gasteiger partial charge in [-0.2, -0.15) is 0 Å². The van der Waals surface area contributed by atoms with Crippen molar-refractivity contribution in [1.29, 1.82) is 0 Å². The molecule has 0 bridgehead atoms. The first-order valence-electron chi connectivity index (χ1n) is 5.85. The van der Waals surface area contributed by atoms with Crippen LogP contribution in [-0.2, 0) is 11.3 Å². The number of benzene rings is 1. The molecular weight excluding hydrogens is 291 g/mol. The van der Waals surface area contributed by atoms with Crippen molar-refractivity contribution in [2.24, 2.45) is 0 Å². The van der Waals surface area contributed by atoms with Crippen molar-refractivity contribution in [3.05, 3.63) is 48.0 Å². The van der Waals surface area contributed by atoms with Crippen LogP contribution in [0.2, 0.25) is 0 Å². The van der Waals surface area contributed by atoms with Gasteiger partial charge in [0, 0.05) is 18.7 Å². The molecule has 0 amide bonds. The second kappa shape index (κ2) is 5.83. The van der Waals surface area contributed by atoms with Gasteiger partial charge in [0.05, 0.1) is 11.5 Å². The Morgan fingerprint density at radius 3 is 2.56 bits per heavy atom. The quantitative estimate of drug-likeness (QED) is 0.578. The Morgan fingerprint density at radius 1 is 1.17 bits per heavy atom. The molecule has 18 heavy (non-hydrogen) atoms. The lowest BCUT2D eigenvalue weighted by Gasteiger charge is -2.36. The summed E-state index contributed by atoms with van der Waals surface area (Å²) in [5.41, 5.74) is 1.10. The van der Waals surface area contributed by atoms with E-state index in [-0.39, 0.29) is 0 Å². The summed E-state index contributed by atoms with van der Waals surface area (Å²) in [5, 5.41) is -0.763. The normalized spacial score (nSPS) is 31.5. The van der Waals surface area contributed by atoms with Crippen LogP contribution in [0.3, 0.4) is 0 Å². The molecule has 1 aliphatic carbocycles. The zero-order valence-corrected chi connectivity index (χ0v) is 12.2. The van der Waals surface area contributed by atoms with E-state index in [4.69, 9.17) is 39.5 Å². The predicted octanol–water partition coefficient (Wildman–Crippen LogP) is 4.70. The first-order chi connectivity index (χ1) is 8.55. The molecule has 0 heterocycles. The van der Waals surface area contributed by atoms with Crippen LogP contribution < -0.4 is 0 Å². The molecule has 0 spiro atoms. The zero-order valence-electron chi connectivity index (χ0n) is 9.91. The van der Waals surface area contributed by atoms with Gasteiger partial charge >= 0.3 is 0 Å². The van der Waals surface area contributed by atoms with Gasteiger partial charge in [0.1, 0.15) is 5.06 Å². The molecule has 2 rings (SSSR count). The highest BCUT2D eigenvalue weighted by atomic mass is 35.5. The summed E-state index contributed by atoms with van der Waals surface area (Å²) in [6.07, 6.45) is 5.01. The van der Waals surface area contributed by atoms with Gasteiger partial charge in [-0.05, 0) is 5.56 Å². The topological polar surface area (TPSA) is 9.23 Å². The molecule has 2 atom stereocenters. The maximum atomic E-state index is 6.47. The fraction of sp³-hybridized carbons (Fsp3) is 0.429. The smallest absolute Gasteiger partial charge is 0.147 e. The summed E-state index contributed by atoms with van der Waals surface area (Å²) >= 11 is 18.7. The maximum Gasteiger partial charge on any atom is 0.147 e. The zero-order chi connectivity index (χ0) is 13.1. The Bertz CT molecular complexity index is 420. The lowest BCUT2D eigenvalue weighted by atomic mass is 9.93. The van der Waals surface area contributed by atoms with Crippen LogP contribution in [0, 0.1) is 0 Å². The van der Waals surface area contributed by atoms with E-state index in [1.807, 2.05) is 42.5 Å². The summed E-state index contributed by atoms with van der Waals surface area (Å²) in [4.78, 5) is -0.599. The molecular formula is C14H15Cl3O. The van der Waals surface area contributed by atoms with Gasteiger partial charge < -0.3 is 4.74 Å². The van der Waals surface area contributed by atoms with Crippen LogP contribution in [0.25, 0.3) is 0 Å². The molecule has 0 saturated carbocycles. The number of hydrogen-bond acceptors (Lipinski definition) is 1. The molecule has 0 radical (unpaired) electrons. The first kappa shape index (κ1) is 14.2. The largest absolute Gasteiger partial charge is 0.355 e. The SMILES string of the molecule is ClCC1(Cl)C=CCC(Cl)(OCc2ccccc2)C1. The first-order valence-corrected chi connectivity index (χ1v) is 7.14. The minimum Gasteiger partial charge on any atom is -0.355 e. The van der Waals surface area contributed by atoms with Crippen molar-refractivity contribution >= 4 is 34.8 Å². The molecule has 1 aliphatic rings. The van der Waals surface area contributed by atoms with Crippen molar-refractivity contribution < 1.29 is 4.74 Å². The van der Waals surface area contributed by atoms with E-state index in [0.29, 0.717) is 25.3 Å². The molecule has 98 valence electrons. The van der Waals surface area contributed by atoms with Crippen LogP contribution in [0.15, 0.2) is 42.5 Å². The van der Waals surface area contributed by atoms with Gasteiger partial charge in [-0.3, -0.25) is 0 Å². The average molecular weight is 306 g/mol. The third-order valence-corrected chi connectivity index (χ3v) is 4.36. The fourth-order valence-corrected chi connectivity index (χ4v) is 2.94. The Morgan fingerprint density at radius 2 is 1.89 bits per heavy atom. The van der Waals surface area contributed by atoms with E-state index in [2.05, 4.69) is 0 Å². The number of allylic oxidation sites excluding steroid dienone is 1. The molecule has 2 unspecified atom stereocenters. The van der Waals surface area contributed by atoms with E-state index >= 15 is 0 Å². The third kappa shape index (κ3) is 3.64. The lowest BCUT2D eigenvalue weighted by molar-refractivity contribution is -0.00346. The van der Waals surface area contributed by atoms with E-state index in [1.165, 1.54) is 0 Å². The molecule has 0 saturated heterocycles. The van der Waals surface area contributed by atoms with Crippen LogP contribution in [0.5, 0.6) is 0 Å². The van der Waals surface area contributed by atoms with Crippen molar-refractivity contribution in [3.63, 3.8) is 0 Å². The van der Waals surface area contributed by atoms with Crippen molar-refractivity contribution in [1.82, 2.24) is 0 Å². The molecule has 1 nitrogen and oxygen atoms in total. The van der Waals surface area contributed by atoms with Gasteiger partial charge in [0.25, 0.3) is 0 Å². The number of halogens is 3. The Kier molecular flexibility index (Phi) is 4.60. The predicted molar refractivity (Wildman–Crippen MR) is 77.5 cm³/mol. The molecule has 4 heteroatoms. The van der Waals surface area contributed by atoms with Crippen LogP contribution in [0.1, 0.15) is 18.4 Å². The molecule has 0 aromatic heterocycles. The highest BCUT2D eigenvalue weighted by Gasteiger charge is 2.40. The fourth-order valence-electron chi connectivity index (χ4n) is 2.00. The Labute approximate surface area is 123 Å². The summed E-state index contributed by atoms with van der Waals surface area (Å²) in [6, 6.07) is 9.94. The molecule has 0 N–H and O–H groups in total. The monoisotopic (exact) mass is 304 g/mol. The highest BCUT2D eigenvalue weighted by molar-refractivity contribution is 6.33. The molecule has 1 aromatic carbocycles. The summed E-state index contributed by atoms with van der Waals surface area (Å²) < 4.78 is 5.82. The molecule has 1 aromatic rings. The van der Waals surface area contributed by atoms with Crippen LogP contribution in [0.4, 0.5) is 0 Å². The van der Waals surface area contributed by atoms with Crippen molar-refractivity contribution in [2.45, 2.75) is 29.4 Å². The van der Waals surface area contributed by atoms with Crippen molar-refractivity contribution in [2.75, 3.05) is 5.88 Å². The van der Waals surface area contributed by atoms with E-state index in [9.17, 15) is 0 Å². The van der Waals surface area contributed by atoms with E-state index < -0.39 is 9.93 Å². The van der Waals surface area contributed by atoms with Gasteiger partial charge in [-0.1, -0.05) is 54.1 Å². The van der Waals surface area contributed by atoms with E-state index in [0.717, 1.165) is 5.56 Å². The second-order valence-corrected chi connectivity index (χ2v) is 6.32. The van der Waals surface area contributed by atoms with Crippen LogP contribution in [-0.4, -0.2) is 15.8 Å². The highest BCUT2D eigenvalue weighted by Crippen LogP contribution is 2.41. The maximum absolute atomic E-state index is 6.47. The van der Waals surface area contributed by atoms with Gasteiger partial charge in [0.2, 0.25) is 0 Å². The Hall–Kier alpha value is -0.210. The number of ether oxygens (including phenoxy) is 1. The molecule has 0 aliphatic heterocycles. The van der Waals surface area contributed by atoms with Gasteiger partial charge in [0.15, 0.2) is 0 Å². The Balaban J connectivity index is 1.99. The molecule has 0 fully saturated rings. The van der Waals surface area contributed by atoms with Crippen LogP contribution >= 0.6 is 34.8 Å². The average Bonchev–Trinajstić information content (AvgIpc) is 2.38. The summed E-state index contributed by atoms with van der Waals surface area (Å²) in [6.45, 7) is 0.480. The summed E-state index contributed by atoms with van der Waals surface area (Å²) in [7, 11) is 0. The number of rotatable bonds is 4. The van der Waals surface area contributed by atoms with Gasteiger partial charge in [-0.25, -0.2) is 0 Å².